The van der Waals surface area contributed by atoms with Crippen LogP contribution < -0.4 is 19.8 Å². The number of benzene rings is 2. The van der Waals surface area contributed by atoms with Crippen molar-refractivity contribution in [1.82, 2.24) is 4.90 Å². The highest BCUT2D eigenvalue weighted by Gasteiger charge is 2.47. The van der Waals surface area contributed by atoms with Crippen LogP contribution in [0.3, 0.4) is 0 Å². The molecule has 0 radical (unpaired) electrons. The van der Waals surface area contributed by atoms with Gasteiger partial charge in [-0.15, -0.1) is 0 Å². The number of nitrogens with one attached hydrogen (secondary N) is 2. The van der Waals surface area contributed by atoms with E-state index >= 15 is 0 Å². The molecular weight excluding hydrogens is 606 g/mol. The van der Waals surface area contributed by atoms with Gasteiger partial charge >= 0.3 is 12.2 Å². The number of hydrogen-bond donors (Lipinski definition) is 4. The lowest BCUT2D eigenvalue weighted by Gasteiger charge is -2.42. The summed E-state index contributed by atoms with van der Waals surface area (Å²) in [6, 6.07) is 9.38. The van der Waals surface area contributed by atoms with Gasteiger partial charge in [-0.3, -0.25) is 15.4 Å². The van der Waals surface area contributed by atoms with Gasteiger partial charge in [0.15, 0.2) is 5.75 Å². The molecule has 0 unspecified atom stereocenters. The molecule has 0 saturated heterocycles. The summed E-state index contributed by atoms with van der Waals surface area (Å²) in [5.74, 6) is 0.316. The Morgan fingerprint density at radius 2 is 1.54 bits per heavy atom. The number of aliphatic hydroxyl groups is 1. The van der Waals surface area contributed by atoms with E-state index in [1.54, 1.807) is 63.4 Å². The summed E-state index contributed by atoms with van der Waals surface area (Å²) >= 11 is 0. The Bertz CT molecular complexity index is 1430. The third-order valence-corrected chi connectivity index (χ3v) is 14.2. The van der Waals surface area contributed by atoms with Gasteiger partial charge in [0, 0.05) is 18.0 Å². The fourth-order valence-corrected chi connectivity index (χ4v) is 11.6. The van der Waals surface area contributed by atoms with Crippen LogP contribution in [-0.4, -0.2) is 66.9 Å². The molecule has 252 valence electrons. The first-order valence-corrected chi connectivity index (χ1v) is 17.7. The lowest BCUT2D eigenvalue weighted by molar-refractivity contribution is 0.0635. The number of ether oxygens (including phenoxy) is 2. The molecule has 0 bridgehead atoms. The van der Waals surface area contributed by atoms with E-state index in [0.717, 1.165) is 11.1 Å². The molecule has 1 atom stereocenters. The summed E-state index contributed by atoms with van der Waals surface area (Å²) in [6.07, 6.45) is 0.139. The van der Waals surface area contributed by atoms with E-state index < -0.39 is 38.1 Å². The molecule has 1 aliphatic rings. The van der Waals surface area contributed by atoms with E-state index in [-0.39, 0.29) is 34.5 Å². The van der Waals surface area contributed by atoms with Crippen molar-refractivity contribution in [2.75, 3.05) is 24.4 Å². The van der Waals surface area contributed by atoms with Crippen LogP contribution in [0, 0.1) is 0 Å². The summed E-state index contributed by atoms with van der Waals surface area (Å²) in [7, 11) is -0.955. The van der Waals surface area contributed by atoms with Gasteiger partial charge in [-0.25, -0.2) is 9.59 Å². The summed E-state index contributed by atoms with van der Waals surface area (Å²) in [5, 5.41) is 24.3. The van der Waals surface area contributed by atoms with Gasteiger partial charge in [0.25, 0.3) is 14.2 Å². The SMILES string of the molecule is COc1cc(C(=O)N2C=C(c3ccc(NC(=O)O)cc3)C[C@H]2CO)c(NC(=O)OC(C)(C)C)cc1O[Si](C(C)C)(C(C)C)C(C)C. The highest BCUT2D eigenvalue weighted by Crippen LogP contribution is 2.46. The van der Waals surface area contributed by atoms with Crippen molar-refractivity contribution in [2.45, 2.75) is 97.0 Å². The molecule has 0 saturated carbocycles. The zero-order valence-electron chi connectivity index (χ0n) is 28.6. The van der Waals surface area contributed by atoms with Gasteiger partial charge in [-0.05, 0) is 73.2 Å². The molecule has 1 heterocycles. The normalized spacial score (nSPS) is 15.2. The molecule has 0 spiro atoms. The number of amides is 3. The third-order valence-electron chi connectivity index (χ3n) is 8.26. The van der Waals surface area contributed by atoms with Crippen LogP contribution in [0.4, 0.5) is 21.0 Å². The first-order chi connectivity index (χ1) is 21.4. The Kier molecular flexibility index (Phi) is 11.6. The largest absolute Gasteiger partial charge is 0.540 e. The molecule has 46 heavy (non-hydrogen) atoms. The third kappa shape index (κ3) is 8.21. The quantitative estimate of drug-likeness (QED) is 0.179. The molecule has 0 aromatic heterocycles. The second-order valence-electron chi connectivity index (χ2n) is 13.5. The summed E-state index contributed by atoms with van der Waals surface area (Å²) in [4.78, 5) is 39.7. The number of carboxylic acid groups (broad SMARTS) is 1. The number of carbonyl (C=O) groups excluding carboxylic acids is 2. The molecule has 3 amide bonds. The zero-order chi connectivity index (χ0) is 34.6. The van der Waals surface area contributed by atoms with Crippen LogP contribution in [0.15, 0.2) is 42.6 Å². The van der Waals surface area contributed by atoms with Crippen molar-refractivity contribution in [3.05, 3.63) is 53.7 Å². The first kappa shape index (κ1) is 36.4. The molecule has 3 rings (SSSR count). The van der Waals surface area contributed by atoms with Crippen molar-refractivity contribution in [1.29, 1.82) is 0 Å². The monoisotopic (exact) mass is 655 g/mol. The van der Waals surface area contributed by atoms with Gasteiger partial charge in [0.05, 0.1) is 31.0 Å². The number of nitrogens with zero attached hydrogens (tertiary/aromatic N) is 1. The van der Waals surface area contributed by atoms with Crippen LogP contribution in [0.1, 0.15) is 84.7 Å². The zero-order valence-corrected chi connectivity index (χ0v) is 29.6. The maximum Gasteiger partial charge on any atom is 0.412 e. The summed E-state index contributed by atoms with van der Waals surface area (Å²) in [5.41, 5.74) is 2.29. The minimum atomic E-state index is -2.46. The molecule has 2 aromatic rings. The number of methoxy groups -OCH3 is 1. The van der Waals surface area contributed by atoms with E-state index in [2.05, 4.69) is 52.2 Å². The number of carbonyl (C=O) groups is 3. The molecule has 0 fully saturated rings. The second-order valence-corrected chi connectivity index (χ2v) is 18.9. The lowest BCUT2D eigenvalue weighted by Crippen LogP contribution is -2.50. The van der Waals surface area contributed by atoms with Crippen LogP contribution >= 0.6 is 0 Å². The predicted octanol–water partition coefficient (Wildman–Crippen LogP) is 7.93. The van der Waals surface area contributed by atoms with Crippen molar-refractivity contribution < 1.29 is 38.5 Å². The minimum absolute atomic E-state index is 0.137. The predicted molar refractivity (Wildman–Crippen MR) is 182 cm³/mol. The van der Waals surface area contributed by atoms with Crippen LogP contribution in [0.5, 0.6) is 11.5 Å². The Labute approximate surface area is 273 Å². The molecule has 11 nitrogen and oxygen atoms in total. The van der Waals surface area contributed by atoms with Crippen LogP contribution in [-0.2, 0) is 4.74 Å². The Morgan fingerprint density at radius 1 is 0.957 bits per heavy atom. The Hall–Kier alpha value is -4.03. The number of rotatable bonds is 11. The van der Waals surface area contributed by atoms with E-state index in [1.165, 1.54) is 12.0 Å². The fraction of sp³-hybridized carbons (Fsp3) is 0.500. The number of anilines is 2. The second kappa shape index (κ2) is 14.6. The van der Waals surface area contributed by atoms with Gasteiger partial charge in [-0.2, -0.15) is 0 Å². The highest BCUT2D eigenvalue weighted by molar-refractivity contribution is 6.78. The fourth-order valence-electron chi connectivity index (χ4n) is 6.31. The topological polar surface area (TPSA) is 147 Å². The average molecular weight is 656 g/mol. The minimum Gasteiger partial charge on any atom is -0.540 e. The van der Waals surface area contributed by atoms with E-state index in [4.69, 9.17) is 19.0 Å². The van der Waals surface area contributed by atoms with Crippen molar-refractivity contribution in [3.8, 4) is 11.5 Å². The Morgan fingerprint density at radius 3 is 2.02 bits per heavy atom. The van der Waals surface area contributed by atoms with Crippen molar-refractivity contribution >= 4 is 43.4 Å². The maximum atomic E-state index is 14.3. The molecule has 4 N–H and O–H groups in total. The standard InChI is InChI=1S/C34H49N3O8Si/c1-20(2)46(21(3)4,22(5)6)45-30-17-28(36-33(42)44-34(7,8)9)27(16-29(30)43-10)31(39)37-18-24(15-26(37)19-38)23-11-13-25(14-12-23)35-32(40)41/h11-14,16-18,20-22,26,35,38H,15,19H2,1-10H3,(H,36,42)(H,40,41)/t26-/m0/s1. The van der Waals surface area contributed by atoms with Crippen LogP contribution in [0.25, 0.3) is 5.57 Å². The Balaban J connectivity index is 2.12. The molecule has 12 heteroatoms. The van der Waals surface area contributed by atoms with E-state index in [1.807, 2.05) is 0 Å². The van der Waals surface area contributed by atoms with Gasteiger partial charge < -0.3 is 29.0 Å². The van der Waals surface area contributed by atoms with Gasteiger partial charge in [-0.1, -0.05) is 53.7 Å². The first-order valence-electron chi connectivity index (χ1n) is 15.6. The van der Waals surface area contributed by atoms with E-state index in [0.29, 0.717) is 23.6 Å². The molecular formula is C34H49N3O8Si. The smallest absolute Gasteiger partial charge is 0.412 e. The lowest BCUT2D eigenvalue weighted by atomic mass is 10.0. The van der Waals surface area contributed by atoms with Crippen LogP contribution in [0.2, 0.25) is 16.6 Å². The summed E-state index contributed by atoms with van der Waals surface area (Å²) in [6.45, 7) is 17.9. The average Bonchev–Trinajstić information content (AvgIpc) is 3.38. The van der Waals surface area contributed by atoms with Gasteiger partial charge in [0.2, 0.25) is 0 Å². The highest BCUT2D eigenvalue weighted by atomic mass is 28.4. The van der Waals surface area contributed by atoms with Gasteiger partial charge in [0.1, 0.15) is 11.4 Å². The molecule has 0 aliphatic carbocycles. The number of hydrogen-bond acceptors (Lipinski definition) is 7. The molecule has 1 aliphatic heterocycles. The molecule has 2 aromatic carbocycles. The summed E-state index contributed by atoms with van der Waals surface area (Å²) < 4.78 is 18.3. The maximum absolute atomic E-state index is 14.3. The van der Waals surface area contributed by atoms with Crippen molar-refractivity contribution in [3.63, 3.8) is 0 Å². The van der Waals surface area contributed by atoms with E-state index in [9.17, 15) is 19.5 Å². The number of aliphatic hydroxyl groups excluding tert-OH is 1. The van der Waals surface area contributed by atoms with Crippen molar-refractivity contribution in [2.24, 2.45) is 0 Å².